The van der Waals surface area contributed by atoms with Crippen molar-refractivity contribution in [3.05, 3.63) is 66.5 Å². The van der Waals surface area contributed by atoms with Crippen LogP contribution in [0, 0.1) is 5.92 Å². The molecule has 0 spiro atoms. The molecule has 30 heavy (non-hydrogen) atoms. The van der Waals surface area contributed by atoms with Gasteiger partial charge in [-0.2, -0.15) is 0 Å². The first-order valence-electron chi connectivity index (χ1n) is 10.6. The molecule has 0 N–H and O–H groups in total. The van der Waals surface area contributed by atoms with Crippen molar-refractivity contribution in [2.75, 3.05) is 22.9 Å². The number of carbonyl (C=O) groups excluding carboxylic acids is 1. The molecule has 5 rings (SSSR count). The topological polar surface area (TPSA) is 62.2 Å². The number of anilines is 2. The van der Waals surface area contributed by atoms with Gasteiger partial charge in [-0.1, -0.05) is 18.2 Å². The Bertz CT molecular complexity index is 1040. The van der Waals surface area contributed by atoms with Gasteiger partial charge >= 0.3 is 0 Å². The highest BCUT2D eigenvalue weighted by atomic mass is 16.2. The SMILES string of the molecule is CC1Cc2ccccc2N1C(=O)C1CCCN(c2ccc(-c3cccnc3)nn2)C1. The number of benzene rings is 1. The Morgan fingerprint density at radius 1 is 1.07 bits per heavy atom. The van der Waals surface area contributed by atoms with E-state index in [2.05, 4.69) is 45.2 Å². The average Bonchev–Trinajstić information content (AvgIpc) is 3.15. The van der Waals surface area contributed by atoms with Crippen LogP contribution in [0.4, 0.5) is 11.5 Å². The summed E-state index contributed by atoms with van der Waals surface area (Å²) in [5, 5.41) is 8.83. The van der Waals surface area contributed by atoms with Crippen LogP contribution in [-0.2, 0) is 11.2 Å². The van der Waals surface area contributed by atoms with E-state index in [9.17, 15) is 4.79 Å². The number of para-hydroxylation sites is 1. The van der Waals surface area contributed by atoms with Crippen LogP contribution in [0.25, 0.3) is 11.3 Å². The van der Waals surface area contributed by atoms with Gasteiger partial charge in [0.15, 0.2) is 5.82 Å². The van der Waals surface area contributed by atoms with Crippen molar-refractivity contribution in [1.82, 2.24) is 15.2 Å². The Balaban J connectivity index is 1.32. The van der Waals surface area contributed by atoms with E-state index in [4.69, 9.17) is 0 Å². The molecule has 2 unspecified atom stereocenters. The summed E-state index contributed by atoms with van der Waals surface area (Å²) < 4.78 is 0. The fourth-order valence-corrected chi connectivity index (χ4v) is 4.65. The van der Waals surface area contributed by atoms with Crippen molar-refractivity contribution in [3.8, 4) is 11.3 Å². The molecule has 0 bridgehead atoms. The van der Waals surface area contributed by atoms with E-state index in [1.807, 2.05) is 35.2 Å². The number of rotatable bonds is 3. The van der Waals surface area contributed by atoms with Gasteiger partial charge in [0.1, 0.15) is 0 Å². The van der Waals surface area contributed by atoms with E-state index in [0.717, 1.165) is 48.6 Å². The van der Waals surface area contributed by atoms with Crippen LogP contribution >= 0.6 is 0 Å². The molecular formula is C24H25N5O. The largest absolute Gasteiger partial charge is 0.354 e. The van der Waals surface area contributed by atoms with Crippen molar-refractivity contribution >= 4 is 17.4 Å². The van der Waals surface area contributed by atoms with E-state index in [1.54, 1.807) is 12.4 Å². The molecule has 3 aromatic rings. The lowest BCUT2D eigenvalue weighted by molar-refractivity contribution is -0.122. The number of carbonyl (C=O) groups is 1. The number of aromatic nitrogens is 3. The fourth-order valence-electron chi connectivity index (χ4n) is 4.65. The van der Waals surface area contributed by atoms with Crippen LogP contribution in [0.15, 0.2) is 60.9 Å². The minimum Gasteiger partial charge on any atom is -0.354 e. The van der Waals surface area contributed by atoms with E-state index in [1.165, 1.54) is 5.56 Å². The number of amides is 1. The van der Waals surface area contributed by atoms with Gasteiger partial charge in [0.2, 0.25) is 5.91 Å². The van der Waals surface area contributed by atoms with Crippen LogP contribution in [0.1, 0.15) is 25.3 Å². The normalized spacial score (nSPS) is 20.8. The molecule has 1 amide bonds. The summed E-state index contributed by atoms with van der Waals surface area (Å²) in [5.41, 5.74) is 4.10. The lowest BCUT2D eigenvalue weighted by Gasteiger charge is -2.35. The monoisotopic (exact) mass is 399 g/mol. The maximum Gasteiger partial charge on any atom is 0.232 e. The Morgan fingerprint density at radius 3 is 2.77 bits per heavy atom. The van der Waals surface area contributed by atoms with E-state index in [0.29, 0.717) is 6.54 Å². The molecule has 0 aliphatic carbocycles. The van der Waals surface area contributed by atoms with Crippen LogP contribution < -0.4 is 9.80 Å². The van der Waals surface area contributed by atoms with Crippen molar-refractivity contribution in [2.24, 2.45) is 5.92 Å². The van der Waals surface area contributed by atoms with Gasteiger partial charge in [0.25, 0.3) is 0 Å². The third-order valence-electron chi connectivity index (χ3n) is 6.15. The first-order valence-corrected chi connectivity index (χ1v) is 10.6. The summed E-state index contributed by atoms with van der Waals surface area (Å²) in [6, 6.07) is 16.3. The first-order chi connectivity index (χ1) is 14.7. The quantitative estimate of drug-likeness (QED) is 0.672. The summed E-state index contributed by atoms with van der Waals surface area (Å²) in [7, 11) is 0. The smallest absolute Gasteiger partial charge is 0.232 e. The second kappa shape index (κ2) is 7.86. The van der Waals surface area contributed by atoms with E-state index < -0.39 is 0 Å². The minimum absolute atomic E-state index is 0.0212. The zero-order valence-corrected chi connectivity index (χ0v) is 17.1. The van der Waals surface area contributed by atoms with Crippen molar-refractivity contribution in [2.45, 2.75) is 32.2 Å². The molecule has 6 heteroatoms. The number of hydrogen-bond donors (Lipinski definition) is 0. The van der Waals surface area contributed by atoms with Gasteiger partial charge < -0.3 is 9.80 Å². The number of nitrogens with zero attached hydrogens (tertiary/aromatic N) is 5. The fraction of sp³-hybridized carbons (Fsp3) is 0.333. The lowest BCUT2D eigenvalue weighted by Crippen LogP contribution is -2.47. The molecule has 2 aromatic heterocycles. The van der Waals surface area contributed by atoms with Crippen LogP contribution in [0.5, 0.6) is 0 Å². The Morgan fingerprint density at radius 2 is 1.97 bits per heavy atom. The second-order valence-electron chi connectivity index (χ2n) is 8.19. The highest BCUT2D eigenvalue weighted by Gasteiger charge is 2.36. The van der Waals surface area contributed by atoms with Crippen molar-refractivity contribution in [3.63, 3.8) is 0 Å². The van der Waals surface area contributed by atoms with Crippen LogP contribution in [0.3, 0.4) is 0 Å². The van der Waals surface area contributed by atoms with E-state index in [-0.39, 0.29) is 17.9 Å². The summed E-state index contributed by atoms with van der Waals surface area (Å²) in [6.07, 6.45) is 6.36. The summed E-state index contributed by atoms with van der Waals surface area (Å²) in [5.74, 6) is 1.04. The van der Waals surface area contributed by atoms with Gasteiger partial charge in [-0.05, 0) is 62.1 Å². The number of hydrogen-bond acceptors (Lipinski definition) is 5. The standard InChI is InChI=1S/C24H25N5O/c1-17-14-18-6-2-3-9-22(18)29(17)24(30)20-8-5-13-28(16-20)23-11-10-21(26-27-23)19-7-4-12-25-15-19/h2-4,6-7,9-12,15,17,20H,5,8,13-14,16H2,1H3. The van der Waals surface area contributed by atoms with Crippen LogP contribution in [0.2, 0.25) is 0 Å². The lowest BCUT2D eigenvalue weighted by atomic mass is 9.96. The Kier molecular flexibility index (Phi) is 4.91. The highest BCUT2D eigenvalue weighted by molar-refractivity contribution is 5.98. The van der Waals surface area contributed by atoms with Crippen molar-refractivity contribution < 1.29 is 4.79 Å². The van der Waals surface area contributed by atoms with Gasteiger partial charge in [0, 0.05) is 42.8 Å². The third kappa shape index (κ3) is 3.43. The molecule has 6 nitrogen and oxygen atoms in total. The van der Waals surface area contributed by atoms with E-state index >= 15 is 0 Å². The molecule has 1 aromatic carbocycles. The van der Waals surface area contributed by atoms with Gasteiger partial charge in [-0.15, -0.1) is 10.2 Å². The van der Waals surface area contributed by atoms with Gasteiger partial charge in [-0.3, -0.25) is 9.78 Å². The molecule has 1 fully saturated rings. The summed E-state index contributed by atoms with van der Waals surface area (Å²) in [6.45, 7) is 3.73. The molecule has 2 aliphatic heterocycles. The molecule has 4 heterocycles. The van der Waals surface area contributed by atoms with Crippen LogP contribution in [-0.4, -0.2) is 40.2 Å². The van der Waals surface area contributed by atoms with Crippen molar-refractivity contribution in [1.29, 1.82) is 0 Å². The second-order valence-corrected chi connectivity index (χ2v) is 8.19. The molecule has 152 valence electrons. The molecule has 0 saturated carbocycles. The highest BCUT2D eigenvalue weighted by Crippen LogP contribution is 2.34. The predicted molar refractivity (Wildman–Crippen MR) is 117 cm³/mol. The molecule has 1 saturated heterocycles. The maximum absolute atomic E-state index is 13.4. The summed E-state index contributed by atoms with van der Waals surface area (Å²) >= 11 is 0. The molecule has 0 radical (unpaired) electrons. The Labute approximate surface area is 176 Å². The zero-order chi connectivity index (χ0) is 20.5. The molecule has 2 atom stereocenters. The maximum atomic E-state index is 13.4. The first kappa shape index (κ1) is 18.7. The van der Waals surface area contributed by atoms with Gasteiger partial charge in [0.05, 0.1) is 11.6 Å². The van der Waals surface area contributed by atoms with Gasteiger partial charge in [-0.25, -0.2) is 0 Å². The third-order valence-corrected chi connectivity index (χ3v) is 6.15. The number of fused-ring (bicyclic) bond motifs is 1. The zero-order valence-electron chi connectivity index (χ0n) is 17.1. The number of piperidine rings is 1. The Hall–Kier alpha value is -3.28. The summed E-state index contributed by atoms with van der Waals surface area (Å²) in [4.78, 5) is 21.8. The average molecular weight is 399 g/mol. The number of pyridine rings is 1. The molecular weight excluding hydrogens is 374 g/mol. The minimum atomic E-state index is -0.0212. The molecule has 2 aliphatic rings. The predicted octanol–water partition coefficient (Wildman–Crippen LogP) is 3.73.